The quantitative estimate of drug-likeness (QED) is 0.0211. The van der Waals surface area contributed by atoms with Crippen molar-refractivity contribution in [3.05, 3.63) is 97.2 Å². The second-order valence-electron chi connectivity index (χ2n) is 24.5. The van der Waals surface area contributed by atoms with Crippen molar-refractivity contribution >= 4 is 19.8 Å². The van der Waals surface area contributed by atoms with E-state index in [0.29, 0.717) is 17.4 Å². The van der Waals surface area contributed by atoms with Gasteiger partial charge in [0, 0.05) is 12.8 Å². The van der Waals surface area contributed by atoms with Gasteiger partial charge in [0.15, 0.2) is 6.10 Å². The van der Waals surface area contributed by atoms with Crippen molar-refractivity contribution in [3.63, 3.8) is 0 Å². The van der Waals surface area contributed by atoms with Gasteiger partial charge < -0.3 is 18.9 Å². The van der Waals surface area contributed by atoms with E-state index >= 15 is 0 Å². The zero-order valence-corrected chi connectivity index (χ0v) is 56.3. The molecule has 0 spiro atoms. The molecule has 0 saturated carbocycles. The lowest BCUT2D eigenvalue weighted by molar-refractivity contribution is -0.870. The standard InChI is InChI=1S/C74H132NO8P/c1-6-8-10-12-14-16-18-20-22-24-26-28-30-32-34-35-36-37-38-39-41-43-45-47-49-51-53-55-57-59-61-63-65-67-74(77)83-72(71-82-84(78,79)81-69-68-75(3,4)5)70-80-73(76)66-64-62-60-58-56-54-52-50-48-46-44-42-40-33-31-29-27-25-23-21-19-17-15-13-11-9-7-2/h8,10,14,16,19-22,25-28,31-34,72H,6-7,9,11-13,15,17-18,23-24,29-30,35-71H2,1-5H3/p+1/b10-8-,16-14-,21-19-,22-20-,27-25-,28-26-,33-31-,34-32-. The van der Waals surface area contributed by atoms with Gasteiger partial charge in [-0.2, -0.15) is 0 Å². The van der Waals surface area contributed by atoms with Gasteiger partial charge in [0.25, 0.3) is 0 Å². The van der Waals surface area contributed by atoms with Crippen molar-refractivity contribution in [1.82, 2.24) is 0 Å². The Labute approximate surface area is 519 Å². The smallest absolute Gasteiger partial charge is 0.462 e. The number of carbonyl (C=O) groups is 2. The van der Waals surface area contributed by atoms with Gasteiger partial charge in [0.2, 0.25) is 0 Å². The minimum Gasteiger partial charge on any atom is -0.462 e. The Morgan fingerprint density at radius 3 is 1.01 bits per heavy atom. The number of phosphoric acid groups is 1. The molecule has 2 unspecified atom stereocenters. The van der Waals surface area contributed by atoms with Gasteiger partial charge in [-0.25, -0.2) is 4.57 Å². The first-order chi connectivity index (χ1) is 41.0. The molecular formula is C74H133NO8P+. The monoisotopic (exact) mass is 1190 g/mol. The third-order valence-corrected chi connectivity index (χ3v) is 16.1. The van der Waals surface area contributed by atoms with Gasteiger partial charge in [0.05, 0.1) is 27.7 Å². The van der Waals surface area contributed by atoms with Crippen LogP contribution in [0.15, 0.2) is 97.2 Å². The molecule has 0 bridgehead atoms. The van der Waals surface area contributed by atoms with Crippen LogP contribution in [-0.4, -0.2) is 74.9 Å². The zero-order chi connectivity index (χ0) is 61.2. The molecule has 0 aromatic heterocycles. The second kappa shape index (κ2) is 64.4. The summed E-state index contributed by atoms with van der Waals surface area (Å²) in [6.07, 6.45) is 89.3. The fourth-order valence-corrected chi connectivity index (χ4v) is 10.5. The molecule has 0 aromatic rings. The maximum atomic E-state index is 12.9. The third-order valence-electron chi connectivity index (χ3n) is 15.1. The predicted octanol–water partition coefficient (Wildman–Crippen LogP) is 22.7. The number of hydrogen-bond acceptors (Lipinski definition) is 7. The summed E-state index contributed by atoms with van der Waals surface area (Å²) in [5.41, 5.74) is 0. The van der Waals surface area contributed by atoms with Crippen molar-refractivity contribution in [3.8, 4) is 0 Å². The summed E-state index contributed by atoms with van der Waals surface area (Å²) in [4.78, 5) is 35.9. The van der Waals surface area contributed by atoms with Crippen LogP contribution in [0, 0.1) is 0 Å². The van der Waals surface area contributed by atoms with Crippen molar-refractivity contribution in [2.75, 3.05) is 47.5 Å². The summed E-state index contributed by atoms with van der Waals surface area (Å²) in [6, 6.07) is 0. The number of unbranched alkanes of at least 4 members (excludes halogenated alkanes) is 34. The summed E-state index contributed by atoms with van der Waals surface area (Å²) in [6.45, 7) is 4.34. The molecule has 0 aliphatic rings. The second-order valence-corrected chi connectivity index (χ2v) is 26.0. The highest BCUT2D eigenvalue weighted by atomic mass is 31.2. The average Bonchev–Trinajstić information content (AvgIpc) is 3.61. The molecule has 0 rings (SSSR count). The van der Waals surface area contributed by atoms with Gasteiger partial charge in [-0.05, 0) is 96.3 Å². The van der Waals surface area contributed by atoms with Crippen molar-refractivity contribution in [1.29, 1.82) is 0 Å². The number of phosphoric ester groups is 1. The molecule has 0 aliphatic heterocycles. The van der Waals surface area contributed by atoms with E-state index < -0.39 is 26.5 Å². The fourth-order valence-electron chi connectivity index (χ4n) is 9.76. The predicted molar refractivity (Wildman–Crippen MR) is 362 cm³/mol. The van der Waals surface area contributed by atoms with Crippen molar-refractivity contribution in [2.24, 2.45) is 0 Å². The fraction of sp³-hybridized carbons (Fsp3) is 0.757. The molecule has 0 aliphatic carbocycles. The molecule has 0 fully saturated rings. The van der Waals surface area contributed by atoms with E-state index in [1.165, 1.54) is 199 Å². The maximum absolute atomic E-state index is 12.9. The molecule has 9 nitrogen and oxygen atoms in total. The number of quaternary nitrogens is 1. The Morgan fingerprint density at radius 1 is 0.381 bits per heavy atom. The van der Waals surface area contributed by atoms with E-state index in [-0.39, 0.29) is 32.0 Å². The van der Waals surface area contributed by atoms with Crippen LogP contribution in [0.3, 0.4) is 0 Å². The first-order valence-electron chi connectivity index (χ1n) is 35.0. The van der Waals surface area contributed by atoms with Gasteiger partial charge >= 0.3 is 19.8 Å². The van der Waals surface area contributed by atoms with E-state index in [1.807, 2.05) is 21.1 Å². The summed E-state index contributed by atoms with van der Waals surface area (Å²) in [7, 11) is 1.48. The highest BCUT2D eigenvalue weighted by molar-refractivity contribution is 7.47. The van der Waals surface area contributed by atoms with Crippen LogP contribution in [0.1, 0.15) is 309 Å². The summed E-state index contributed by atoms with van der Waals surface area (Å²) in [5, 5.41) is 0. The zero-order valence-electron chi connectivity index (χ0n) is 55.4. The molecule has 0 amide bonds. The number of hydrogen-bond donors (Lipinski definition) is 1. The Hall–Kier alpha value is -3.07. The summed E-state index contributed by atoms with van der Waals surface area (Å²) < 4.78 is 34.7. The van der Waals surface area contributed by atoms with E-state index in [0.717, 1.165) is 77.0 Å². The Kier molecular flexibility index (Phi) is 62.1. The first kappa shape index (κ1) is 80.9. The van der Waals surface area contributed by atoms with Crippen LogP contribution >= 0.6 is 7.82 Å². The highest BCUT2D eigenvalue weighted by Gasteiger charge is 2.27. The van der Waals surface area contributed by atoms with Crippen LogP contribution in [0.25, 0.3) is 0 Å². The lowest BCUT2D eigenvalue weighted by Gasteiger charge is -2.24. The van der Waals surface area contributed by atoms with Crippen LogP contribution in [0.2, 0.25) is 0 Å². The minimum absolute atomic E-state index is 0.0293. The number of nitrogens with zero attached hydrogens (tertiary/aromatic N) is 1. The topological polar surface area (TPSA) is 108 Å². The number of allylic oxidation sites excluding steroid dienone is 16. The highest BCUT2D eigenvalue weighted by Crippen LogP contribution is 2.43. The number of likely N-dealkylation sites (N-methyl/N-ethyl adjacent to an activating group) is 1. The van der Waals surface area contributed by atoms with E-state index in [9.17, 15) is 19.0 Å². The normalized spacial score (nSPS) is 13.7. The van der Waals surface area contributed by atoms with E-state index in [4.69, 9.17) is 18.5 Å². The maximum Gasteiger partial charge on any atom is 0.472 e. The average molecular weight is 1200 g/mol. The molecule has 0 saturated heterocycles. The lowest BCUT2D eigenvalue weighted by Crippen LogP contribution is -2.37. The van der Waals surface area contributed by atoms with Gasteiger partial charge in [-0.1, -0.05) is 297 Å². The number of rotatable bonds is 64. The third kappa shape index (κ3) is 68.0. The molecule has 486 valence electrons. The number of carbonyl (C=O) groups excluding carboxylic acids is 2. The minimum atomic E-state index is -4.40. The number of esters is 2. The molecular weight excluding hydrogens is 1060 g/mol. The molecule has 84 heavy (non-hydrogen) atoms. The van der Waals surface area contributed by atoms with Gasteiger partial charge in [-0.3, -0.25) is 18.6 Å². The van der Waals surface area contributed by atoms with Gasteiger partial charge in [0.1, 0.15) is 19.8 Å². The summed E-state index contributed by atoms with van der Waals surface area (Å²) in [5.74, 6) is -0.791. The summed E-state index contributed by atoms with van der Waals surface area (Å²) >= 11 is 0. The lowest BCUT2D eigenvalue weighted by atomic mass is 10.0. The molecule has 0 aromatic carbocycles. The molecule has 0 radical (unpaired) electrons. The molecule has 0 heterocycles. The van der Waals surface area contributed by atoms with Crippen LogP contribution in [0.4, 0.5) is 0 Å². The van der Waals surface area contributed by atoms with E-state index in [2.05, 4.69) is 111 Å². The Balaban J connectivity index is 4.04. The van der Waals surface area contributed by atoms with E-state index in [1.54, 1.807) is 0 Å². The van der Waals surface area contributed by atoms with Gasteiger partial charge in [-0.15, -0.1) is 0 Å². The molecule has 2 atom stereocenters. The van der Waals surface area contributed by atoms with Crippen molar-refractivity contribution < 1.29 is 42.1 Å². The molecule has 1 N–H and O–H groups in total. The first-order valence-corrected chi connectivity index (χ1v) is 36.5. The Bertz CT molecular complexity index is 1740. The van der Waals surface area contributed by atoms with Crippen LogP contribution in [-0.2, 0) is 32.7 Å². The molecule has 10 heteroatoms. The van der Waals surface area contributed by atoms with Crippen molar-refractivity contribution in [2.45, 2.75) is 315 Å². The number of ether oxygens (including phenoxy) is 2. The Morgan fingerprint density at radius 2 is 0.679 bits per heavy atom. The van der Waals surface area contributed by atoms with Crippen LogP contribution < -0.4 is 0 Å². The SMILES string of the molecule is CC/C=C\C/C=C\C/C=C\C/C=C\C/C=C\CCCCCCCCCCCCCCCCCCCC(=O)OC(COC(=O)CCCCCCCCCCCCCC/C=C\C/C=C\C/C=C\CCCCCCC)COP(=O)(O)OCC[N+](C)(C)C. The largest absolute Gasteiger partial charge is 0.472 e. The van der Waals surface area contributed by atoms with Crippen LogP contribution in [0.5, 0.6) is 0 Å².